The van der Waals surface area contributed by atoms with Crippen molar-refractivity contribution in [2.75, 3.05) is 32.7 Å². The Hall–Kier alpha value is -4.47. The Bertz CT molecular complexity index is 1940. The molecule has 6 heterocycles. The Labute approximate surface area is 275 Å². The van der Waals surface area contributed by atoms with Crippen molar-refractivity contribution in [2.24, 2.45) is 5.92 Å². The summed E-state index contributed by atoms with van der Waals surface area (Å²) in [5.74, 6) is 1.05. The molecule has 0 unspecified atom stereocenters. The fourth-order valence-corrected chi connectivity index (χ4v) is 7.10. The van der Waals surface area contributed by atoms with Crippen LogP contribution in [0.4, 0.5) is 4.39 Å². The number of nitrogens with one attached hydrogen (secondary N) is 3. The molecular formula is C38H43FN8. The standard InChI is InChI=1S/C38H43FN8/c1-3-25(16-26-9-11-40-12-10-26)17-28(4-2)33-21-31-34(24-42-33)45-46-37(31)38-43-35-23-41-22-32(36(35)44-38)29-18-27(19-30(39)20-29)8-7-15-47-13-5-6-14-47/h3-4,17-24,26,40H,1,5-16H2,2H3,(H,43,44)(H,45,46)/b25-17+,28-4+. The molecular weight excluding hydrogens is 587 g/mol. The Morgan fingerprint density at radius 3 is 2.72 bits per heavy atom. The molecule has 0 amide bonds. The van der Waals surface area contributed by atoms with E-state index in [0.717, 1.165) is 88.8 Å². The molecule has 5 aromatic rings. The first-order chi connectivity index (χ1) is 23.1. The predicted octanol–water partition coefficient (Wildman–Crippen LogP) is 7.64. The van der Waals surface area contributed by atoms with Crippen molar-refractivity contribution in [2.45, 2.75) is 51.9 Å². The lowest BCUT2D eigenvalue weighted by Gasteiger charge is -2.23. The summed E-state index contributed by atoms with van der Waals surface area (Å²) in [6, 6.07) is 7.37. The molecule has 2 saturated heterocycles. The van der Waals surface area contributed by atoms with Gasteiger partial charge < -0.3 is 15.2 Å². The van der Waals surface area contributed by atoms with Gasteiger partial charge in [0.15, 0.2) is 5.82 Å². The van der Waals surface area contributed by atoms with E-state index in [1.54, 1.807) is 24.5 Å². The third kappa shape index (κ3) is 6.96. The molecule has 0 bridgehead atoms. The van der Waals surface area contributed by atoms with Gasteiger partial charge in [0.25, 0.3) is 0 Å². The van der Waals surface area contributed by atoms with Gasteiger partial charge in [-0.05, 0) is 137 Å². The van der Waals surface area contributed by atoms with Crippen molar-refractivity contribution >= 4 is 27.5 Å². The van der Waals surface area contributed by atoms with Gasteiger partial charge in [0.05, 0.1) is 34.6 Å². The van der Waals surface area contributed by atoms with Crippen LogP contribution in [0.25, 0.3) is 50.2 Å². The smallest absolute Gasteiger partial charge is 0.159 e. The summed E-state index contributed by atoms with van der Waals surface area (Å²) in [4.78, 5) is 20.2. The summed E-state index contributed by atoms with van der Waals surface area (Å²) < 4.78 is 14.9. The summed E-state index contributed by atoms with van der Waals surface area (Å²) in [6.07, 6.45) is 19.4. The maximum atomic E-state index is 14.9. The van der Waals surface area contributed by atoms with Gasteiger partial charge in [-0.1, -0.05) is 24.8 Å². The van der Waals surface area contributed by atoms with Crippen molar-refractivity contribution in [3.05, 3.63) is 90.3 Å². The highest BCUT2D eigenvalue weighted by atomic mass is 19.1. The molecule has 242 valence electrons. The van der Waals surface area contributed by atoms with E-state index >= 15 is 0 Å². The third-order valence-corrected chi connectivity index (χ3v) is 9.67. The number of aryl methyl sites for hydroxylation is 1. The molecule has 8 nitrogen and oxygen atoms in total. The number of piperidine rings is 1. The number of hydrogen-bond donors (Lipinski definition) is 3. The molecule has 47 heavy (non-hydrogen) atoms. The number of aromatic amines is 2. The maximum Gasteiger partial charge on any atom is 0.159 e. The van der Waals surface area contributed by atoms with Crippen LogP contribution in [0.2, 0.25) is 0 Å². The molecule has 0 aliphatic carbocycles. The molecule has 3 N–H and O–H groups in total. The van der Waals surface area contributed by atoms with Crippen LogP contribution in [-0.2, 0) is 6.42 Å². The number of fused-ring (bicyclic) bond motifs is 2. The molecule has 9 heteroatoms. The van der Waals surface area contributed by atoms with Crippen molar-refractivity contribution in [3.63, 3.8) is 0 Å². The monoisotopic (exact) mass is 630 g/mol. The summed E-state index contributed by atoms with van der Waals surface area (Å²) in [6.45, 7) is 11.7. The van der Waals surface area contributed by atoms with Crippen LogP contribution in [0.5, 0.6) is 0 Å². The normalized spacial score (nSPS) is 16.9. The fourth-order valence-electron chi connectivity index (χ4n) is 7.10. The SMILES string of the molecule is C=C/C(=C\C(=C/C)c1cc2c(-c3nc4c(-c5cc(F)cc(CCCN6CCCC6)c5)cncc4[nH]3)n[nH]c2cn1)CC1CCNCC1. The van der Waals surface area contributed by atoms with Gasteiger partial charge in [0.2, 0.25) is 0 Å². The highest BCUT2D eigenvalue weighted by Crippen LogP contribution is 2.33. The number of aromatic nitrogens is 6. The molecule has 7 rings (SSSR count). The molecule has 0 atom stereocenters. The quantitative estimate of drug-likeness (QED) is 0.130. The second-order valence-electron chi connectivity index (χ2n) is 12.9. The van der Waals surface area contributed by atoms with Gasteiger partial charge in [-0.25, -0.2) is 9.37 Å². The number of benzene rings is 1. The fraction of sp³-hybridized carbons (Fsp3) is 0.368. The third-order valence-electron chi connectivity index (χ3n) is 9.67. The lowest BCUT2D eigenvalue weighted by atomic mass is 9.90. The first-order valence-corrected chi connectivity index (χ1v) is 17.0. The van der Waals surface area contributed by atoms with Gasteiger partial charge >= 0.3 is 0 Å². The topological polar surface area (TPSA) is 98.4 Å². The van der Waals surface area contributed by atoms with E-state index in [4.69, 9.17) is 9.97 Å². The van der Waals surface area contributed by atoms with Crippen molar-refractivity contribution in [1.82, 2.24) is 40.3 Å². The highest BCUT2D eigenvalue weighted by Gasteiger charge is 2.19. The summed E-state index contributed by atoms with van der Waals surface area (Å²) in [7, 11) is 0. The van der Waals surface area contributed by atoms with E-state index in [0.29, 0.717) is 17.4 Å². The van der Waals surface area contributed by atoms with Crippen molar-refractivity contribution in [1.29, 1.82) is 0 Å². The first kappa shape index (κ1) is 31.1. The van der Waals surface area contributed by atoms with Crippen LogP contribution in [0.3, 0.4) is 0 Å². The highest BCUT2D eigenvalue weighted by molar-refractivity contribution is 5.97. The molecule has 2 aliphatic heterocycles. The lowest BCUT2D eigenvalue weighted by Crippen LogP contribution is -2.27. The van der Waals surface area contributed by atoms with Crippen LogP contribution in [-0.4, -0.2) is 67.8 Å². The van der Waals surface area contributed by atoms with Gasteiger partial charge in [0, 0.05) is 17.1 Å². The van der Waals surface area contributed by atoms with E-state index in [2.05, 4.69) is 61.2 Å². The minimum Gasteiger partial charge on any atom is -0.335 e. The number of rotatable bonds is 11. The Morgan fingerprint density at radius 2 is 1.91 bits per heavy atom. The Balaban J connectivity index is 1.17. The molecule has 2 fully saturated rings. The van der Waals surface area contributed by atoms with Crippen molar-refractivity contribution in [3.8, 4) is 22.6 Å². The second-order valence-corrected chi connectivity index (χ2v) is 12.9. The zero-order chi connectivity index (χ0) is 32.2. The van der Waals surface area contributed by atoms with Gasteiger partial charge in [0.1, 0.15) is 11.5 Å². The number of imidazole rings is 1. The number of pyridine rings is 2. The zero-order valence-corrected chi connectivity index (χ0v) is 27.2. The average Bonchev–Trinajstić information content (AvgIpc) is 3.86. The van der Waals surface area contributed by atoms with Crippen LogP contribution in [0.15, 0.2) is 73.2 Å². The van der Waals surface area contributed by atoms with E-state index in [-0.39, 0.29) is 5.82 Å². The van der Waals surface area contributed by atoms with E-state index < -0.39 is 0 Å². The summed E-state index contributed by atoms with van der Waals surface area (Å²) in [5.41, 5.74) is 8.73. The zero-order valence-electron chi connectivity index (χ0n) is 27.2. The first-order valence-electron chi connectivity index (χ1n) is 17.0. The van der Waals surface area contributed by atoms with Gasteiger partial charge in [-0.15, -0.1) is 0 Å². The number of likely N-dealkylation sites (tertiary alicyclic amines) is 1. The minimum absolute atomic E-state index is 0.242. The molecule has 0 spiro atoms. The molecule has 2 aliphatic rings. The predicted molar refractivity (Wildman–Crippen MR) is 188 cm³/mol. The largest absolute Gasteiger partial charge is 0.335 e. The van der Waals surface area contributed by atoms with Crippen LogP contribution < -0.4 is 5.32 Å². The molecule has 0 saturated carbocycles. The Morgan fingerprint density at radius 1 is 1.06 bits per heavy atom. The molecule has 1 aromatic carbocycles. The summed E-state index contributed by atoms with van der Waals surface area (Å²) in [5, 5.41) is 12.1. The number of H-pyrrole nitrogens is 2. The van der Waals surface area contributed by atoms with Crippen LogP contribution in [0.1, 0.15) is 56.7 Å². The summed E-state index contributed by atoms with van der Waals surface area (Å²) >= 11 is 0. The molecule has 4 aromatic heterocycles. The van der Waals surface area contributed by atoms with Crippen LogP contribution in [0, 0.1) is 11.7 Å². The number of allylic oxidation sites excluding steroid dienone is 5. The van der Waals surface area contributed by atoms with E-state index in [1.807, 2.05) is 19.2 Å². The van der Waals surface area contributed by atoms with Crippen LogP contribution >= 0.6 is 0 Å². The number of hydrogen-bond acceptors (Lipinski definition) is 6. The number of halogens is 1. The maximum absolute atomic E-state index is 14.9. The van der Waals surface area contributed by atoms with Gasteiger partial charge in [-0.3, -0.25) is 15.1 Å². The molecule has 0 radical (unpaired) electrons. The van der Waals surface area contributed by atoms with E-state index in [1.165, 1.54) is 44.3 Å². The lowest BCUT2D eigenvalue weighted by molar-refractivity contribution is 0.334. The van der Waals surface area contributed by atoms with Gasteiger partial charge in [-0.2, -0.15) is 5.10 Å². The Kier molecular flexibility index (Phi) is 9.35. The number of nitrogens with zero attached hydrogens (tertiary/aromatic N) is 5. The van der Waals surface area contributed by atoms with Crippen molar-refractivity contribution < 1.29 is 4.39 Å². The second kappa shape index (κ2) is 14.1. The minimum atomic E-state index is -0.242. The average molecular weight is 631 g/mol. The van der Waals surface area contributed by atoms with E-state index in [9.17, 15) is 4.39 Å².